The third kappa shape index (κ3) is 4.55. The first-order valence-electron chi connectivity index (χ1n) is 8.51. The van der Waals surface area contributed by atoms with Gasteiger partial charge in [0.1, 0.15) is 0 Å². The fraction of sp³-hybridized carbons (Fsp3) is 0.684. The maximum atomic E-state index is 3.81. The molecular formula is C19H32N2. The topological polar surface area (TPSA) is 15.3 Å². The van der Waals surface area contributed by atoms with Crippen LogP contribution in [0.15, 0.2) is 24.3 Å². The van der Waals surface area contributed by atoms with Gasteiger partial charge in [0.15, 0.2) is 0 Å². The van der Waals surface area contributed by atoms with Crippen molar-refractivity contribution in [3.63, 3.8) is 0 Å². The number of hydrogen-bond donors (Lipinski definition) is 1. The van der Waals surface area contributed by atoms with Gasteiger partial charge < -0.3 is 10.2 Å². The maximum absolute atomic E-state index is 3.81. The smallest absolute Gasteiger partial charge is 0.0294 e. The van der Waals surface area contributed by atoms with Crippen molar-refractivity contribution in [2.24, 2.45) is 5.92 Å². The van der Waals surface area contributed by atoms with Gasteiger partial charge in [0.25, 0.3) is 0 Å². The van der Waals surface area contributed by atoms with Gasteiger partial charge >= 0.3 is 0 Å². The van der Waals surface area contributed by atoms with E-state index in [-0.39, 0.29) is 0 Å². The predicted molar refractivity (Wildman–Crippen MR) is 91.8 cm³/mol. The Kier molecular flexibility index (Phi) is 5.83. The van der Waals surface area contributed by atoms with Crippen LogP contribution in [-0.2, 0) is 0 Å². The Morgan fingerprint density at radius 1 is 1.05 bits per heavy atom. The molecule has 0 saturated carbocycles. The number of nitrogens with zero attached hydrogens (tertiary/aromatic N) is 1. The highest BCUT2D eigenvalue weighted by atomic mass is 15.1. The summed E-state index contributed by atoms with van der Waals surface area (Å²) in [6, 6.07) is 10.1. The van der Waals surface area contributed by atoms with E-state index in [1.807, 2.05) is 0 Å². The summed E-state index contributed by atoms with van der Waals surface area (Å²) in [5, 5.41) is 3.81. The normalized spacial score (nSPS) is 23.2. The van der Waals surface area contributed by atoms with Crippen molar-refractivity contribution < 1.29 is 0 Å². The Balaban J connectivity index is 1.92. The monoisotopic (exact) mass is 288 g/mol. The molecule has 0 spiro atoms. The molecule has 0 radical (unpaired) electrons. The van der Waals surface area contributed by atoms with Crippen molar-refractivity contribution in [3.05, 3.63) is 35.4 Å². The molecule has 1 fully saturated rings. The number of rotatable bonds is 5. The first-order valence-corrected chi connectivity index (χ1v) is 8.51. The summed E-state index contributed by atoms with van der Waals surface area (Å²) in [6.07, 6.45) is 2.70. The lowest BCUT2D eigenvalue weighted by atomic mass is 9.91. The van der Waals surface area contributed by atoms with Crippen LogP contribution in [0.2, 0.25) is 0 Å². The zero-order valence-corrected chi connectivity index (χ0v) is 14.4. The van der Waals surface area contributed by atoms with E-state index in [1.165, 1.54) is 37.1 Å². The summed E-state index contributed by atoms with van der Waals surface area (Å²) < 4.78 is 0. The first kappa shape index (κ1) is 16.5. The lowest BCUT2D eigenvalue weighted by molar-refractivity contribution is 0.174. The molecule has 2 rings (SSSR count). The van der Waals surface area contributed by atoms with Gasteiger partial charge in [-0.1, -0.05) is 38.1 Å². The minimum atomic E-state index is 0.424. The molecule has 1 aromatic rings. The zero-order chi connectivity index (χ0) is 15.4. The molecule has 1 aliphatic rings. The van der Waals surface area contributed by atoms with Crippen LogP contribution < -0.4 is 5.32 Å². The average Bonchev–Trinajstić information content (AvgIpc) is 2.47. The first-order chi connectivity index (χ1) is 9.97. The quantitative estimate of drug-likeness (QED) is 0.874. The highest BCUT2D eigenvalue weighted by Crippen LogP contribution is 2.23. The van der Waals surface area contributed by atoms with Crippen molar-refractivity contribution >= 4 is 0 Å². The summed E-state index contributed by atoms with van der Waals surface area (Å²) in [7, 11) is 2.24. The van der Waals surface area contributed by atoms with E-state index >= 15 is 0 Å². The fourth-order valence-corrected chi connectivity index (χ4v) is 3.41. The van der Waals surface area contributed by atoms with E-state index < -0.39 is 0 Å². The molecule has 0 bridgehead atoms. The summed E-state index contributed by atoms with van der Waals surface area (Å²) in [4.78, 5) is 2.47. The largest absolute Gasteiger partial charge is 0.307 e. The third-order valence-electron chi connectivity index (χ3n) is 4.98. The van der Waals surface area contributed by atoms with Gasteiger partial charge in [-0.05, 0) is 63.2 Å². The van der Waals surface area contributed by atoms with Crippen molar-refractivity contribution in [3.8, 4) is 0 Å². The molecule has 3 unspecified atom stereocenters. The molecule has 1 heterocycles. The number of hydrogen-bond acceptors (Lipinski definition) is 2. The van der Waals surface area contributed by atoms with E-state index in [1.54, 1.807) is 0 Å². The van der Waals surface area contributed by atoms with Crippen LogP contribution in [0.5, 0.6) is 0 Å². The lowest BCUT2D eigenvalue weighted by Crippen LogP contribution is -2.43. The van der Waals surface area contributed by atoms with Gasteiger partial charge in [0, 0.05) is 18.6 Å². The molecule has 2 nitrogen and oxygen atoms in total. The van der Waals surface area contributed by atoms with Crippen molar-refractivity contribution in [1.29, 1.82) is 0 Å². The van der Waals surface area contributed by atoms with Crippen LogP contribution in [0, 0.1) is 5.92 Å². The lowest BCUT2D eigenvalue weighted by Gasteiger charge is -2.35. The zero-order valence-electron chi connectivity index (χ0n) is 14.4. The summed E-state index contributed by atoms with van der Waals surface area (Å²) in [6.45, 7) is 11.6. The van der Waals surface area contributed by atoms with Gasteiger partial charge in [0.05, 0.1) is 0 Å². The molecule has 2 heteroatoms. The molecule has 0 amide bonds. The van der Waals surface area contributed by atoms with E-state index in [2.05, 4.69) is 69.2 Å². The van der Waals surface area contributed by atoms with E-state index in [4.69, 9.17) is 0 Å². The van der Waals surface area contributed by atoms with Crippen LogP contribution in [0.3, 0.4) is 0 Å². The van der Waals surface area contributed by atoms with Crippen LogP contribution in [0.1, 0.15) is 63.6 Å². The minimum Gasteiger partial charge on any atom is -0.307 e. The number of nitrogens with one attached hydrogen (secondary N) is 1. The molecule has 1 aliphatic heterocycles. The van der Waals surface area contributed by atoms with Crippen LogP contribution >= 0.6 is 0 Å². The third-order valence-corrected chi connectivity index (χ3v) is 4.98. The molecule has 3 atom stereocenters. The Morgan fingerprint density at radius 2 is 1.67 bits per heavy atom. The summed E-state index contributed by atoms with van der Waals surface area (Å²) in [5.41, 5.74) is 2.82. The number of benzene rings is 1. The predicted octanol–water partition coefficient (Wildman–Crippen LogP) is 4.19. The van der Waals surface area contributed by atoms with Crippen molar-refractivity contribution in [1.82, 2.24) is 10.2 Å². The van der Waals surface area contributed by atoms with Gasteiger partial charge in [-0.15, -0.1) is 0 Å². The molecule has 0 aliphatic carbocycles. The standard InChI is InChI=1S/C19H32N2/c1-14(2)17-8-10-18(11-9-17)15(3)20-16(4)19-7-6-12-21(5)13-19/h8-11,14-16,19-20H,6-7,12-13H2,1-5H3. The number of likely N-dealkylation sites (tertiary alicyclic amines) is 1. The van der Waals surface area contributed by atoms with Crippen molar-refractivity contribution in [2.75, 3.05) is 20.1 Å². The molecule has 0 aromatic heterocycles. The molecule has 21 heavy (non-hydrogen) atoms. The van der Waals surface area contributed by atoms with E-state index in [0.717, 1.165) is 5.92 Å². The van der Waals surface area contributed by atoms with Crippen LogP contribution in [0.25, 0.3) is 0 Å². The second kappa shape index (κ2) is 7.42. The molecule has 1 aromatic carbocycles. The van der Waals surface area contributed by atoms with E-state index in [9.17, 15) is 0 Å². The summed E-state index contributed by atoms with van der Waals surface area (Å²) in [5.74, 6) is 1.39. The van der Waals surface area contributed by atoms with Gasteiger partial charge in [-0.2, -0.15) is 0 Å². The fourth-order valence-electron chi connectivity index (χ4n) is 3.41. The van der Waals surface area contributed by atoms with Gasteiger partial charge in [-0.25, -0.2) is 0 Å². The molecule has 1 N–H and O–H groups in total. The SMILES string of the molecule is CC(C)c1ccc(C(C)NC(C)C2CCCN(C)C2)cc1. The Hall–Kier alpha value is -0.860. The van der Waals surface area contributed by atoms with E-state index in [0.29, 0.717) is 18.0 Å². The highest BCUT2D eigenvalue weighted by Gasteiger charge is 2.23. The molecule has 118 valence electrons. The van der Waals surface area contributed by atoms with Gasteiger partial charge in [-0.3, -0.25) is 0 Å². The Morgan fingerprint density at radius 3 is 2.24 bits per heavy atom. The number of piperidine rings is 1. The second-order valence-corrected chi connectivity index (χ2v) is 7.16. The Bertz CT molecular complexity index is 424. The minimum absolute atomic E-state index is 0.424. The Labute approximate surface area is 130 Å². The highest BCUT2D eigenvalue weighted by molar-refractivity contribution is 5.26. The molecule has 1 saturated heterocycles. The maximum Gasteiger partial charge on any atom is 0.0294 e. The van der Waals surface area contributed by atoms with Gasteiger partial charge in [0.2, 0.25) is 0 Å². The second-order valence-electron chi connectivity index (χ2n) is 7.16. The van der Waals surface area contributed by atoms with Crippen molar-refractivity contribution in [2.45, 2.75) is 58.5 Å². The molecular weight excluding hydrogens is 256 g/mol. The average molecular weight is 288 g/mol. The summed E-state index contributed by atoms with van der Waals surface area (Å²) >= 11 is 0. The van der Waals surface area contributed by atoms with Crippen LogP contribution in [-0.4, -0.2) is 31.1 Å². The van der Waals surface area contributed by atoms with Crippen LogP contribution in [0.4, 0.5) is 0 Å².